The van der Waals surface area contributed by atoms with Gasteiger partial charge in [0.15, 0.2) is 4.77 Å². The van der Waals surface area contributed by atoms with Gasteiger partial charge < -0.3 is 19.2 Å². The monoisotopic (exact) mass is 416 g/mol. The zero-order chi connectivity index (χ0) is 21.6. The molecule has 0 fully saturated rings. The van der Waals surface area contributed by atoms with Crippen molar-refractivity contribution in [3.63, 3.8) is 0 Å². The fourth-order valence-corrected chi connectivity index (χ4v) is 3.78. The summed E-state index contributed by atoms with van der Waals surface area (Å²) in [5.74, 6) is 0.371. The molecule has 2 N–H and O–H groups in total. The first kappa shape index (κ1) is 22.6. The van der Waals surface area contributed by atoms with Crippen molar-refractivity contribution in [3.05, 3.63) is 39.2 Å². The van der Waals surface area contributed by atoms with E-state index in [0.29, 0.717) is 30.9 Å². The average molecular weight is 417 g/mol. The van der Waals surface area contributed by atoms with E-state index in [1.165, 1.54) is 0 Å². The number of rotatable bonds is 9. The van der Waals surface area contributed by atoms with E-state index in [2.05, 4.69) is 27.0 Å². The third kappa shape index (κ3) is 5.22. The molecule has 0 spiro atoms. The first-order chi connectivity index (χ1) is 13.8. The normalized spacial score (nSPS) is 12.6. The van der Waals surface area contributed by atoms with E-state index in [4.69, 9.17) is 17.0 Å². The van der Waals surface area contributed by atoms with Crippen LogP contribution < -0.4 is 5.32 Å². The van der Waals surface area contributed by atoms with E-state index in [1.807, 2.05) is 37.5 Å². The predicted octanol–water partition coefficient (Wildman–Crippen LogP) is 2.85. The highest BCUT2D eigenvalue weighted by atomic mass is 32.1. The molecule has 29 heavy (non-hydrogen) atoms. The lowest BCUT2D eigenvalue weighted by Gasteiger charge is -2.17. The maximum Gasteiger partial charge on any atom is 0.261 e. The number of aromatic amines is 1. The average Bonchev–Trinajstić information content (AvgIpc) is 3.18. The van der Waals surface area contributed by atoms with Gasteiger partial charge in [-0.3, -0.25) is 9.89 Å². The fourth-order valence-electron chi connectivity index (χ4n) is 3.50. The lowest BCUT2D eigenvalue weighted by Crippen LogP contribution is -2.27. The van der Waals surface area contributed by atoms with Crippen LogP contribution in [0.15, 0.2) is 11.6 Å². The number of carbonyl (C=O) groups is 1. The maximum atomic E-state index is 12.5. The van der Waals surface area contributed by atoms with E-state index in [-0.39, 0.29) is 11.6 Å². The number of methoxy groups -OCH3 is 1. The van der Waals surface area contributed by atoms with Crippen molar-refractivity contribution in [1.82, 2.24) is 24.6 Å². The zero-order valence-corrected chi connectivity index (χ0v) is 18.4. The van der Waals surface area contributed by atoms with Gasteiger partial charge in [0.1, 0.15) is 17.5 Å². The number of hydrogen-bond acceptors (Lipinski definition) is 5. The molecule has 0 radical (unpaired) electrons. The van der Waals surface area contributed by atoms with Crippen LogP contribution >= 0.6 is 12.2 Å². The van der Waals surface area contributed by atoms with Crippen LogP contribution in [0.2, 0.25) is 0 Å². The molecule has 2 rings (SSSR count). The van der Waals surface area contributed by atoms with Crippen LogP contribution in [0.25, 0.3) is 6.08 Å². The van der Waals surface area contributed by atoms with Gasteiger partial charge in [0.25, 0.3) is 5.91 Å². The number of aromatic nitrogens is 4. The van der Waals surface area contributed by atoms with Gasteiger partial charge in [-0.1, -0.05) is 0 Å². The van der Waals surface area contributed by atoms with Crippen LogP contribution in [0.5, 0.6) is 0 Å². The van der Waals surface area contributed by atoms with Gasteiger partial charge in [-0.2, -0.15) is 10.4 Å². The second-order valence-electron chi connectivity index (χ2n) is 6.87. The number of aryl methyl sites for hydroxylation is 1. The minimum atomic E-state index is -0.403. The minimum absolute atomic E-state index is 0.0685. The first-order valence-corrected chi connectivity index (χ1v) is 9.96. The Morgan fingerprint density at radius 1 is 1.52 bits per heavy atom. The lowest BCUT2D eigenvalue weighted by molar-refractivity contribution is -0.117. The molecule has 9 heteroatoms. The Hall–Kier alpha value is -2.70. The molecule has 0 aliphatic heterocycles. The van der Waals surface area contributed by atoms with E-state index >= 15 is 0 Å². The van der Waals surface area contributed by atoms with Crippen molar-refractivity contribution in [2.45, 2.75) is 46.7 Å². The Bertz CT molecular complexity index is 992. The highest BCUT2D eigenvalue weighted by Crippen LogP contribution is 2.22. The Labute approximate surface area is 176 Å². The fraction of sp³-hybridized carbons (Fsp3) is 0.500. The Morgan fingerprint density at radius 3 is 2.86 bits per heavy atom. The highest BCUT2D eigenvalue weighted by Gasteiger charge is 2.16. The van der Waals surface area contributed by atoms with Crippen LogP contribution in [-0.2, 0) is 22.5 Å². The molecule has 0 saturated heterocycles. The predicted molar refractivity (Wildman–Crippen MR) is 114 cm³/mol. The van der Waals surface area contributed by atoms with Crippen molar-refractivity contribution in [1.29, 1.82) is 5.26 Å². The molecule has 2 aromatic rings. The third-order valence-electron chi connectivity index (χ3n) is 4.82. The van der Waals surface area contributed by atoms with Crippen LogP contribution in [0.1, 0.15) is 42.7 Å². The quantitative estimate of drug-likeness (QED) is 0.372. The van der Waals surface area contributed by atoms with Crippen molar-refractivity contribution in [2.75, 3.05) is 20.3 Å². The van der Waals surface area contributed by atoms with Crippen LogP contribution in [0, 0.1) is 29.9 Å². The molecule has 0 bridgehead atoms. The number of H-pyrrole nitrogens is 1. The summed E-state index contributed by atoms with van der Waals surface area (Å²) >= 11 is 5.16. The molecule has 8 nitrogen and oxygen atoms in total. The number of nitriles is 1. The number of carbonyl (C=O) groups excluding carboxylic acids is 1. The largest absolute Gasteiger partial charge is 0.383 e. The number of hydrogen-bond donors (Lipinski definition) is 2. The van der Waals surface area contributed by atoms with E-state index in [9.17, 15) is 10.1 Å². The molecule has 156 valence electrons. The van der Waals surface area contributed by atoms with Gasteiger partial charge in [-0.25, -0.2) is 0 Å². The molecular formula is C20H28N6O2S. The topological polar surface area (TPSA) is 101 Å². The summed E-state index contributed by atoms with van der Waals surface area (Å²) in [6.07, 6.45) is 2.16. The minimum Gasteiger partial charge on any atom is -0.383 e. The van der Waals surface area contributed by atoms with Crippen LogP contribution in [0.3, 0.4) is 0 Å². The van der Waals surface area contributed by atoms with Crippen molar-refractivity contribution < 1.29 is 9.53 Å². The van der Waals surface area contributed by atoms with Gasteiger partial charge in [0, 0.05) is 38.0 Å². The van der Waals surface area contributed by atoms with Crippen molar-refractivity contribution in [2.24, 2.45) is 0 Å². The molecular weight excluding hydrogens is 388 g/mol. The number of nitrogens with zero attached hydrogens (tertiary/aromatic N) is 4. The molecule has 1 amide bonds. The molecule has 0 saturated carbocycles. The van der Waals surface area contributed by atoms with Crippen LogP contribution in [-0.4, -0.2) is 45.5 Å². The molecule has 1 unspecified atom stereocenters. The van der Waals surface area contributed by atoms with Gasteiger partial charge in [-0.05, 0) is 57.6 Å². The SMILES string of the molecule is CCn1c(CCNC(=O)/C(C#N)=C/c2cc(C)n(C(C)COC)c2C)n[nH]c1=S. The summed E-state index contributed by atoms with van der Waals surface area (Å²) < 4.78 is 9.83. The molecule has 0 aliphatic rings. The number of nitrogens with one attached hydrogen (secondary N) is 2. The summed E-state index contributed by atoms with van der Waals surface area (Å²) in [6.45, 7) is 9.69. The number of amides is 1. The van der Waals surface area contributed by atoms with Gasteiger partial charge >= 0.3 is 0 Å². The van der Waals surface area contributed by atoms with Gasteiger partial charge in [-0.15, -0.1) is 0 Å². The summed E-state index contributed by atoms with van der Waals surface area (Å²) in [7, 11) is 1.67. The summed E-state index contributed by atoms with van der Waals surface area (Å²) in [5, 5.41) is 19.2. The van der Waals surface area contributed by atoms with E-state index in [0.717, 1.165) is 22.8 Å². The standard InChI is InChI=1S/C20H28N6O2S/c1-6-25-18(23-24-20(25)29)7-8-22-19(27)17(11-21)10-16-9-13(2)26(15(16)4)14(3)12-28-5/h9-10,14H,6-8,12H2,1-5H3,(H,22,27)(H,24,29)/b17-10+. The highest BCUT2D eigenvalue weighted by molar-refractivity contribution is 7.71. The summed E-state index contributed by atoms with van der Waals surface area (Å²) in [5.41, 5.74) is 2.97. The zero-order valence-electron chi connectivity index (χ0n) is 17.6. The third-order valence-corrected chi connectivity index (χ3v) is 5.14. The molecule has 0 aromatic carbocycles. The molecule has 1 atom stereocenters. The molecule has 2 aromatic heterocycles. The number of ether oxygens (including phenoxy) is 1. The molecule has 0 aliphatic carbocycles. The smallest absolute Gasteiger partial charge is 0.261 e. The molecule has 2 heterocycles. The Morgan fingerprint density at radius 2 is 2.24 bits per heavy atom. The van der Waals surface area contributed by atoms with Crippen molar-refractivity contribution in [3.8, 4) is 6.07 Å². The first-order valence-electron chi connectivity index (χ1n) is 9.55. The second-order valence-corrected chi connectivity index (χ2v) is 7.25. The summed E-state index contributed by atoms with van der Waals surface area (Å²) in [4.78, 5) is 12.5. The van der Waals surface area contributed by atoms with Gasteiger partial charge in [0.2, 0.25) is 0 Å². The summed E-state index contributed by atoms with van der Waals surface area (Å²) in [6, 6.07) is 4.15. The van der Waals surface area contributed by atoms with Gasteiger partial charge in [0.05, 0.1) is 12.6 Å². The van der Waals surface area contributed by atoms with E-state index in [1.54, 1.807) is 13.2 Å². The second kappa shape index (κ2) is 10.2. The maximum absolute atomic E-state index is 12.5. The Balaban J connectivity index is 2.11. The lowest BCUT2D eigenvalue weighted by atomic mass is 10.1. The van der Waals surface area contributed by atoms with Crippen molar-refractivity contribution >= 4 is 24.2 Å². The van der Waals surface area contributed by atoms with Crippen LogP contribution in [0.4, 0.5) is 0 Å². The van der Waals surface area contributed by atoms with E-state index < -0.39 is 5.91 Å². The Kier molecular flexibility index (Phi) is 7.93.